The fraction of sp³-hybridized carbons (Fsp3) is 0.375. The number of unbranched alkanes of at least 4 members (excludes halogenated alkanes) is 1. The second kappa shape index (κ2) is 9.73. The molecule has 2 aromatic heterocycles. The summed E-state index contributed by atoms with van der Waals surface area (Å²) in [5, 5.41) is 2.98. The highest BCUT2D eigenvalue weighted by Gasteiger charge is 2.24. The summed E-state index contributed by atoms with van der Waals surface area (Å²) < 4.78 is 15.7. The first kappa shape index (κ1) is 21.0. The summed E-state index contributed by atoms with van der Waals surface area (Å²) in [6.07, 6.45) is 10.2. The molecule has 0 spiro atoms. The fourth-order valence-electron chi connectivity index (χ4n) is 4.15. The number of pyridine rings is 1. The van der Waals surface area contributed by atoms with Crippen molar-refractivity contribution in [2.24, 2.45) is 5.92 Å². The molecule has 6 nitrogen and oxygen atoms in total. The third-order valence-electron chi connectivity index (χ3n) is 5.98. The average Bonchev–Trinajstić information content (AvgIpc) is 3.27. The van der Waals surface area contributed by atoms with Crippen molar-refractivity contribution in [1.82, 2.24) is 19.6 Å². The molecule has 1 aromatic carbocycles. The lowest BCUT2D eigenvalue weighted by Gasteiger charge is -2.32. The standard InChI is InChI=1S/C24H27FN4O2/c25-21-7-2-1-6-20(21)24(31)28-14-10-18(11-15-28)5-3-4-12-27-23(30)19-8-9-22-26-13-16-29(22)17-19/h1-2,6-9,13,16-18H,3-5,10-12,14-15H2,(H,27,30). The maximum atomic E-state index is 13.8. The molecule has 0 bridgehead atoms. The number of nitrogens with zero attached hydrogens (tertiary/aromatic N) is 3. The minimum atomic E-state index is -0.457. The highest BCUT2D eigenvalue weighted by molar-refractivity contribution is 5.94. The van der Waals surface area contributed by atoms with Gasteiger partial charge in [-0.15, -0.1) is 0 Å². The molecule has 1 fully saturated rings. The number of hydrogen-bond acceptors (Lipinski definition) is 3. The Labute approximate surface area is 181 Å². The van der Waals surface area contributed by atoms with Crippen molar-refractivity contribution in [3.8, 4) is 0 Å². The van der Waals surface area contributed by atoms with E-state index in [9.17, 15) is 14.0 Å². The molecule has 31 heavy (non-hydrogen) atoms. The molecule has 1 N–H and O–H groups in total. The zero-order valence-electron chi connectivity index (χ0n) is 17.5. The summed E-state index contributed by atoms with van der Waals surface area (Å²) in [6.45, 7) is 1.99. The van der Waals surface area contributed by atoms with E-state index in [1.165, 1.54) is 6.07 Å². The Bertz CT molecular complexity index is 1060. The van der Waals surface area contributed by atoms with Crippen molar-refractivity contribution >= 4 is 17.5 Å². The summed E-state index contributed by atoms with van der Waals surface area (Å²) in [5.74, 6) is -0.172. The summed E-state index contributed by atoms with van der Waals surface area (Å²) in [4.78, 5) is 30.7. The van der Waals surface area contributed by atoms with E-state index < -0.39 is 5.82 Å². The van der Waals surface area contributed by atoms with Gasteiger partial charge in [-0.1, -0.05) is 25.0 Å². The van der Waals surface area contributed by atoms with E-state index in [0.717, 1.165) is 37.8 Å². The zero-order valence-corrected chi connectivity index (χ0v) is 17.5. The molecule has 3 heterocycles. The maximum absolute atomic E-state index is 13.8. The largest absolute Gasteiger partial charge is 0.352 e. The first-order chi connectivity index (χ1) is 15.1. The lowest BCUT2D eigenvalue weighted by Crippen LogP contribution is -2.38. The molecule has 0 saturated carbocycles. The molecule has 0 atom stereocenters. The van der Waals surface area contributed by atoms with Gasteiger partial charge in [-0.05, 0) is 49.4 Å². The van der Waals surface area contributed by atoms with Gasteiger partial charge in [0.15, 0.2) is 0 Å². The maximum Gasteiger partial charge on any atom is 0.256 e. The molecule has 0 radical (unpaired) electrons. The Morgan fingerprint density at radius 2 is 1.90 bits per heavy atom. The number of amides is 2. The summed E-state index contributed by atoms with van der Waals surface area (Å²) in [7, 11) is 0. The Morgan fingerprint density at radius 1 is 1.10 bits per heavy atom. The van der Waals surface area contributed by atoms with E-state index in [4.69, 9.17) is 0 Å². The Hall–Kier alpha value is -3.22. The number of aromatic nitrogens is 2. The van der Waals surface area contributed by atoms with E-state index in [0.29, 0.717) is 31.1 Å². The van der Waals surface area contributed by atoms with Crippen LogP contribution in [0.15, 0.2) is 55.0 Å². The number of carbonyl (C=O) groups is 2. The van der Waals surface area contributed by atoms with Gasteiger partial charge >= 0.3 is 0 Å². The number of fused-ring (bicyclic) bond motifs is 1. The van der Waals surface area contributed by atoms with Gasteiger partial charge in [0.2, 0.25) is 0 Å². The molecule has 0 unspecified atom stereocenters. The first-order valence-electron chi connectivity index (χ1n) is 10.9. The van der Waals surface area contributed by atoms with Crippen molar-refractivity contribution in [1.29, 1.82) is 0 Å². The molecular weight excluding hydrogens is 395 g/mol. The van der Waals surface area contributed by atoms with E-state index in [1.54, 1.807) is 41.6 Å². The molecule has 2 amide bonds. The second-order valence-electron chi connectivity index (χ2n) is 8.08. The molecule has 1 aliphatic heterocycles. The van der Waals surface area contributed by atoms with E-state index >= 15 is 0 Å². The van der Waals surface area contributed by atoms with Crippen LogP contribution in [-0.4, -0.2) is 45.7 Å². The molecule has 0 aliphatic carbocycles. The van der Waals surface area contributed by atoms with Crippen molar-refractivity contribution in [2.45, 2.75) is 32.1 Å². The third-order valence-corrected chi connectivity index (χ3v) is 5.98. The van der Waals surface area contributed by atoms with Crippen LogP contribution >= 0.6 is 0 Å². The van der Waals surface area contributed by atoms with Crippen LogP contribution in [0.2, 0.25) is 0 Å². The van der Waals surface area contributed by atoms with Gasteiger partial charge in [-0.3, -0.25) is 9.59 Å². The number of carbonyl (C=O) groups excluding carboxylic acids is 2. The predicted octanol–water partition coefficient (Wildman–Crippen LogP) is 3.93. The van der Waals surface area contributed by atoms with Gasteiger partial charge in [0, 0.05) is 38.2 Å². The number of piperidine rings is 1. The van der Waals surface area contributed by atoms with Crippen LogP contribution in [0.4, 0.5) is 4.39 Å². The average molecular weight is 423 g/mol. The topological polar surface area (TPSA) is 66.7 Å². The van der Waals surface area contributed by atoms with Crippen molar-refractivity contribution in [3.05, 3.63) is 71.9 Å². The second-order valence-corrected chi connectivity index (χ2v) is 8.08. The van der Waals surface area contributed by atoms with Crippen LogP contribution in [0, 0.1) is 11.7 Å². The highest BCUT2D eigenvalue weighted by Crippen LogP contribution is 2.24. The number of imidazole rings is 1. The Balaban J connectivity index is 1.14. The Morgan fingerprint density at radius 3 is 2.71 bits per heavy atom. The molecule has 1 saturated heterocycles. The van der Waals surface area contributed by atoms with Crippen LogP contribution < -0.4 is 5.32 Å². The van der Waals surface area contributed by atoms with Crippen molar-refractivity contribution < 1.29 is 14.0 Å². The van der Waals surface area contributed by atoms with Crippen LogP contribution in [0.25, 0.3) is 5.65 Å². The van der Waals surface area contributed by atoms with Crippen LogP contribution in [0.1, 0.15) is 52.8 Å². The van der Waals surface area contributed by atoms with Gasteiger partial charge in [-0.25, -0.2) is 9.37 Å². The van der Waals surface area contributed by atoms with Gasteiger partial charge < -0.3 is 14.6 Å². The van der Waals surface area contributed by atoms with Crippen molar-refractivity contribution in [3.63, 3.8) is 0 Å². The number of hydrogen-bond donors (Lipinski definition) is 1. The van der Waals surface area contributed by atoms with Gasteiger partial charge in [0.05, 0.1) is 11.1 Å². The number of rotatable bonds is 7. The number of nitrogens with one attached hydrogen (secondary N) is 1. The summed E-state index contributed by atoms with van der Waals surface area (Å²) in [6, 6.07) is 9.78. The molecule has 4 rings (SSSR count). The predicted molar refractivity (Wildman–Crippen MR) is 116 cm³/mol. The van der Waals surface area contributed by atoms with Gasteiger partial charge in [0.25, 0.3) is 11.8 Å². The lowest BCUT2D eigenvalue weighted by atomic mass is 9.91. The van der Waals surface area contributed by atoms with E-state index in [-0.39, 0.29) is 17.4 Å². The fourth-order valence-corrected chi connectivity index (χ4v) is 4.15. The quantitative estimate of drug-likeness (QED) is 0.587. The summed E-state index contributed by atoms with van der Waals surface area (Å²) in [5.41, 5.74) is 1.60. The first-order valence-corrected chi connectivity index (χ1v) is 10.9. The number of likely N-dealkylation sites (tertiary alicyclic amines) is 1. The molecule has 1 aliphatic rings. The normalized spacial score (nSPS) is 14.7. The minimum Gasteiger partial charge on any atom is -0.352 e. The van der Waals surface area contributed by atoms with E-state index in [2.05, 4.69) is 10.3 Å². The lowest BCUT2D eigenvalue weighted by molar-refractivity contribution is 0.0681. The Kier molecular flexibility index (Phi) is 6.60. The van der Waals surface area contributed by atoms with E-state index in [1.807, 2.05) is 16.7 Å². The van der Waals surface area contributed by atoms with Crippen LogP contribution in [0.3, 0.4) is 0 Å². The zero-order chi connectivity index (χ0) is 21.6. The number of benzene rings is 1. The molecule has 7 heteroatoms. The van der Waals surface area contributed by atoms with Crippen molar-refractivity contribution in [2.75, 3.05) is 19.6 Å². The van der Waals surface area contributed by atoms with Crippen LogP contribution in [-0.2, 0) is 0 Å². The monoisotopic (exact) mass is 422 g/mol. The molecular formula is C24H27FN4O2. The summed E-state index contributed by atoms with van der Waals surface area (Å²) >= 11 is 0. The minimum absolute atomic E-state index is 0.0736. The SMILES string of the molecule is O=C(NCCCCC1CCN(C(=O)c2ccccc2F)CC1)c1ccc2nccn2c1. The number of halogens is 1. The smallest absolute Gasteiger partial charge is 0.256 e. The highest BCUT2D eigenvalue weighted by atomic mass is 19.1. The van der Waals surface area contributed by atoms with Gasteiger partial charge in [0.1, 0.15) is 11.5 Å². The molecule has 162 valence electrons. The third kappa shape index (κ3) is 5.10. The molecule has 3 aromatic rings. The van der Waals surface area contributed by atoms with Crippen LogP contribution in [0.5, 0.6) is 0 Å². The van der Waals surface area contributed by atoms with Gasteiger partial charge in [-0.2, -0.15) is 0 Å².